The maximum absolute atomic E-state index is 8.58. The summed E-state index contributed by atoms with van der Waals surface area (Å²) in [5, 5.41) is 8.03. The lowest BCUT2D eigenvalue weighted by Crippen LogP contribution is -2.38. The summed E-state index contributed by atoms with van der Waals surface area (Å²) in [7, 11) is 0. The smallest absolute Gasteiger partial charge is 0.227 e. The molecule has 1 aliphatic rings. The zero-order valence-corrected chi connectivity index (χ0v) is 12.9. The van der Waals surface area contributed by atoms with Crippen molar-refractivity contribution in [3.05, 3.63) is 36.0 Å². The Labute approximate surface area is 133 Å². The number of nitrogens with zero attached hydrogens (tertiary/aromatic N) is 4. The summed E-state index contributed by atoms with van der Waals surface area (Å²) in [5.74, 6) is 0.795. The maximum Gasteiger partial charge on any atom is 0.227 e. The molecule has 23 heavy (non-hydrogen) atoms. The minimum absolute atomic E-state index is 0.250. The van der Waals surface area contributed by atoms with Crippen LogP contribution in [0.2, 0.25) is 0 Å². The molecule has 1 aromatic carbocycles. The summed E-state index contributed by atoms with van der Waals surface area (Å²) in [5.41, 5.74) is 8.27. The van der Waals surface area contributed by atoms with Crippen LogP contribution in [0, 0.1) is 6.92 Å². The Kier molecular flexibility index (Phi) is 4.18. The Balaban J connectivity index is 0.000000485. The van der Waals surface area contributed by atoms with Crippen molar-refractivity contribution in [2.24, 2.45) is 5.73 Å². The van der Waals surface area contributed by atoms with Gasteiger partial charge in [-0.1, -0.05) is 29.8 Å². The normalized spacial score (nSPS) is 13.2. The van der Waals surface area contributed by atoms with Crippen LogP contribution in [0.4, 0.5) is 5.95 Å². The summed E-state index contributed by atoms with van der Waals surface area (Å²) < 4.78 is 0. The van der Waals surface area contributed by atoms with Crippen LogP contribution in [0.25, 0.3) is 22.3 Å². The molecule has 3 N–H and O–H groups in total. The molecule has 1 fully saturated rings. The zero-order chi connectivity index (χ0) is 16.2. The van der Waals surface area contributed by atoms with Crippen LogP contribution in [0.3, 0.4) is 0 Å². The number of carbonyl (C=O) groups excluding carboxylic acids is 1. The summed E-state index contributed by atoms with van der Waals surface area (Å²) in [4.78, 5) is 20.1. The largest absolute Gasteiger partial charge is 0.372 e. The van der Waals surface area contributed by atoms with Crippen molar-refractivity contribution >= 4 is 23.4 Å². The molecule has 0 bridgehead atoms. The van der Waals surface area contributed by atoms with E-state index in [9.17, 15) is 0 Å². The van der Waals surface area contributed by atoms with E-state index in [0.717, 1.165) is 41.3 Å². The number of H-pyrrole nitrogens is 1. The summed E-state index contributed by atoms with van der Waals surface area (Å²) in [6, 6.07) is 8.41. The highest BCUT2D eigenvalue weighted by Crippen LogP contribution is 2.28. The van der Waals surface area contributed by atoms with E-state index in [2.05, 4.69) is 57.0 Å². The fourth-order valence-electron chi connectivity index (χ4n) is 2.41. The number of nitrogens with two attached hydrogens (primary N) is 1. The minimum atomic E-state index is 0.250. The van der Waals surface area contributed by atoms with E-state index in [-0.39, 0.29) is 6.41 Å². The third-order valence-corrected chi connectivity index (χ3v) is 3.76. The number of aromatic amines is 1. The van der Waals surface area contributed by atoms with Gasteiger partial charge in [0, 0.05) is 18.7 Å². The first-order chi connectivity index (χ1) is 11.2. The molecule has 1 saturated heterocycles. The molecule has 0 unspecified atom stereocenters. The predicted octanol–water partition coefficient (Wildman–Crippen LogP) is 1.64. The molecule has 0 radical (unpaired) electrons. The maximum atomic E-state index is 8.58. The predicted molar refractivity (Wildman–Crippen MR) is 88.9 cm³/mol. The van der Waals surface area contributed by atoms with E-state index in [0.29, 0.717) is 0 Å². The molecule has 0 aliphatic carbocycles. The number of anilines is 1. The molecule has 118 valence electrons. The van der Waals surface area contributed by atoms with Crippen molar-refractivity contribution < 1.29 is 4.79 Å². The Morgan fingerprint density at radius 3 is 2.52 bits per heavy atom. The monoisotopic (exact) mass is 310 g/mol. The second-order valence-electron chi connectivity index (χ2n) is 5.35. The van der Waals surface area contributed by atoms with E-state index < -0.39 is 0 Å². The second kappa shape index (κ2) is 6.43. The number of carbonyl (C=O) groups is 1. The fraction of sp³-hybridized carbons (Fsp3) is 0.250. The van der Waals surface area contributed by atoms with Crippen LogP contribution in [-0.2, 0) is 4.79 Å². The van der Waals surface area contributed by atoms with Gasteiger partial charge in [0.25, 0.3) is 0 Å². The van der Waals surface area contributed by atoms with Gasteiger partial charge < -0.3 is 10.6 Å². The van der Waals surface area contributed by atoms with Gasteiger partial charge in [-0.3, -0.25) is 9.89 Å². The molecule has 1 aliphatic heterocycles. The number of rotatable bonds is 2. The molecular formula is C16H18N6O. The lowest BCUT2D eigenvalue weighted by atomic mass is 10.1. The lowest BCUT2D eigenvalue weighted by molar-refractivity contribution is -0.106. The molecule has 1 amide bonds. The summed E-state index contributed by atoms with van der Waals surface area (Å²) >= 11 is 0. The van der Waals surface area contributed by atoms with Gasteiger partial charge in [0.1, 0.15) is 0 Å². The number of hydrogen-bond donors (Lipinski definition) is 2. The number of amides is 1. The number of aromatic nitrogens is 4. The van der Waals surface area contributed by atoms with E-state index in [1.54, 1.807) is 6.20 Å². The lowest BCUT2D eigenvalue weighted by Gasteiger charge is -2.30. The van der Waals surface area contributed by atoms with Crippen molar-refractivity contribution in [2.75, 3.05) is 18.0 Å². The molecule has 7 heteroatoms. The van der Waals surface area contributed by atoms with Gasteiger partial charge in [-0.05, 0) is 13.3 Å². The highest BCUT2D eigenvalue weighted by Gasteiger charge is 2.20. The number of benzene rings is 1. The van der Waals surface area contributed by atoms with Crippen LogP contribution < -0.4 is 10.6 Å². The highest BCUT2D eigenvalue weighted by atomic mass is 16.1. The van der Waals surface area contributed by atoms with Gasteiger partial charge in [0.2, 0.25) is 12.4 Å². The van der Waals surface area contributed by atoms with E-state index in [1.165, 1.54) is 12.0 Å². The minimum Gasteiger partial charge on any atom is -0.372 e. The molecule has 0 spiro atoms. The Morgan fingerprint density at radius 1 is 1.22 bits per heavy atom. The quantitative estimate of drug-likeness (QED) is 0.701. The van der Waals surface area contributed by atoms with Gasteiger partial charge in [0.15, 0.2) is 5.65 Å². The number of aryl methyl sites for hydroxylation is 1. The highest BCUT2D eigenvalue weighted by molar-refractivity contribution is 5.90. The van der Waals surface area contributed by atoms with Crippen molar-refractivity contribution in [1.82, 2.24) is 20.2 Å². The van der Waals surface area contributed by atoms with Crippen LogP contribution in [-0.4, -0.2) is 39.7 Å². The molecule has 0 saturated carbocycles. The van der Waals surface area contributed by atoms with Crippen LogP contribution in [0.15, 0.2) is 30.5 Å². The summed E-state index contributed by atoms with van der Waals surface area (Å²) in [6.07, 6.45) is 3.26. The number of hydrogen-bond acceptors (Lipinski definition) is 5. The molecule has 3 aromatic rings. The summed E-state index contributed by atoms with van der Waals surface area (Å²) in [6.45, 7) is 4.16. The number of primary amides is 1. The van der Waals surface area contributed by atoms with Crippen LogP contribution in [0.1, 0.15) is 12.0 Å². The molecule has 3 heterocycles. The number of nitrogens with one attached hydrogen (secondary N) is 1. The third kappa shape index (κ3) is 2.98. The van der Waals surface area contributed by atoms with Crippen molar-refractivity contribution in [2.45, 2.75) is 13.3 Å². The molecule has 4 rings (SSSR count). The molecular weight excluding hydrogens is 292 g/mol. The van der Waals surface area contributed by atoms with Gasteiger partial charge >= 0.3 is 0 Å². The van der Waals surface area contributed by atoms with Gasteiger partial charge in [-0.15, -0.1) is 0 Å². The van der Waals surface area contributed by atoms with Crippen molar-refractivity contribution in [3.63, 3.8) is 0 Å². The van der Waals surface area contributed by atoms with E-state index in [4.69, 9.17) is 9.78 Å². The standard InChI is InChI=1S/C15H15N5.CH3NO/c1-10-3-5-11(6-4-10)13-12-9-16-19-14(12)18-15(17-13)20-7-2-8-20;2-1-3/h3-6,9H,2,7-8H2,1H3,(H,16,17,18,19);1H,(H2,2,3). The average Bonchev–Trinajstić information content (AvgIpc) is 2.95. The first-order valence-electron chi connectivity index (χ1n) is 7.41. The van der Waals surface area contributed by atoms with Gasteiger partial charge in [0.05, 0.1) is 17.3 Å². The average molecular weight is 310 g/mol. The van der Waals surface area contributed by atoms with Crippen molar-refractivity contribution in [3.8, 4) is 11.3 Å². The number of fused-ring (bicyclic) bond motifs is 1. The molecule has 7 nitrogen and oxygen atoms in total. The third-order valence-electron chi connectivity index (χ3n) is 3.76. The molecule has 2 aromatic heterocycles. The van der Waals surface area contributed by atoms with Gasteiger partial charge in [-0.2, -0.15) is 10.1 Å². The van der Waals surface area contributed by atoms with Crippen LogP contribution in [0.5, 0.6) is 0 Å². The molecule has 0 atom stereocenters. The van der Waals surface area contributed by atoms with Gasteiger partial charge in [-0.25, -0.2) is 4.98 Å². The topological polar surface area (TPSA) is 101 Å². The Hall–Kier alpha value is -2.96. The zero-order valence-electron chi connectivity index (χ0n) is 12.9. The van der Waals surface area contributed by atoms with E-state index in [1.807, 2.05) is 0 Å². The first-order valence-corrected chi connectivity index (χ1v) is 7.41. The van der Waals surface area contributed by atoms with Crippen molar-refractivity contribution in [1.29, 1.82) is 0 Å². The second-order valence-corrected chi connectivity index (χ2v) is 5.35. The SMILES string of the molecule is Cc1ccc(-c2nc(N3CCC3)nc3[nH]ncc23)cc1.NC=O. The van der Waals surface area contributed by atoms with Crippen LogP contribution >= 0.6 is 0 Å². The fourth-order valence-corrected chi connectivity index (χ4v) is 2.41. The Morgan fingerprint density at radius 2 is 1.91 bits per heavy atom. The Bertz CT molecular complexity index is 807. The first kappa shape index (κ1) is 15.0. The van der Waals surface area contributed by atoms with E-state index >= 15 is 0 Å².